The van der Waals surface area contributed by atoms with E-state index in [4.69, 9.17) is 7.85 Å². The molecule has 0 aromatic heterocycles. The molecular weight excluding hydrogens is 159 g/mol. The molecule has 0 bridgehead atoms. The molecule has 0 amide bonds. The summed E-state index contributed by atoms with van der Waals surface area (Å²) in [5, 5.41) is 0. The predicted molar refractivity (Wildman–Crippen MR) is 47.5 cm³/mol. The monoisotopic (exact) mass is 168 g/mol. The minimum atomic E-state index is 0. The molecule has 0 atom stereocenters. The van der Waals surface area contributed by atoms with Crippen LogP contribution in [0.5, 0.6) is 0 Å². The maximum atomic E-state index is 5.52. The number of hydrogen-bond donors (Lipinski definition) is 0. The molecule has 0 saturated heterocycles. The Bertz CT molecular complexity index is 205. The van der Waals surface area contributed by atoms with Gasteiger partial charge in [-0.15, -0.1) is 0 Å². The summed E-state index contributed by atoms with van der Waals surface area (Å²) < 4.78 is 0. The van der Waals surface area contributed by atoms with Crippen LogP contribution in [0, 0.1) is 0 Å². The van der Waals surface area contributed by atoms with Crippen molar-refractivity contribution in [2.45, 2.75) is 4.90 Å². The molecule has 1 aromatic rings. The molecule has 0 radical (unpaired) electrons. The molecule has 4 heteroatoms. The van der Waals surface area contributed by atoms with Crippen molar-refractivity contribution in [3.63, 3.8) is 0 Å². The van der Waals surface area contributed by atoms with Gasteiger partial charge < -0.3 is 11.0 Å². The molecule has 0 unspecified atom stereocenters. The zero-order valence-corrected chi connectivity index (χ0v) is 7.01. The van der Waals surface area contributed by atoms with E-state index in [1.54, 1.807) is 11.8 Å². The third kappa shape index (κ3) is 4.08. The molecule has 0 saturated carbocycles. The number of hydrogen-bond acceptors (Lipinski definition) is 3. The summed E-state index contributed by atoms with van der Waals surface area (Å²) in [5.74, 6) is 0. The van der Waals surface area contributed by atoms with E-state index in [1.165, 1.54) is 4.90 Å². The second-order valence-corrected chi connectivity index (χ2v) is 2.66. The van der Waals surface area contributed by atoms with Crippen molar-refractivity contribution in [1.82, 2.24) is 0 Å². The Kier molecular flexibility index (Phi) is 7.51. The van der Waals surface area contributed by atoms with Crippen molar-refractivity contribution in [3.8, 4) is 0 Å². The molecular formula is C7H9BO2S. The standard InChI is InChI=1S/C7H7BS.2H2O/c1-9-7-4-2-3-6(8)5-7;;/h2-5H,1H3;2*1H2/q+2;;/p-2. The second-order valence-electron chi connectivity index (χ2n) is 1.78. The fraction of sp³-hybridized carbons (Fsp3) is 0.143. The van der Waals surface area contributed by atoms with Crippen LogP contribution < -0.4 is 5.46 Å². The van der Waals surface area contributed by atoms with Crippen LogP contribution >= 0.6 is 11.8 Å². The van der Waals surface area contributed by atoms with Crippen LogP contribution in [0.25, 0.3) is 0 Å². The van der Waals surface area contributed by atoms with Crippen LogP contribution in [-0.2, 0) is 0 Å². The third-order valence-corrected chi connectivity index (χ3v) is 1.82. The Morgan fingerprint density at radius 3 is 2.27 bits per heavy atom. The van der Waals surface area contributed by atoms with Gasteiger partial charge in [-0.1, -0.05) is 0 Å². The molecule has 2 nitrogen and oxygen atoms in total. The molecule has 2 N–H and O–H groups in total. The van der Waals surface area contributed by atoms with E-state index in [9.17, 15) is 0 Å². The predicted octanol–water partition coefficient (Wildman–Crippen LogP) is 0.849. The Hall–Kier alpha value is -0.445. The fourth-order valence-electron chi connectivity index (χ4n) is 0.642. The largest absolute Gasteiger partial charge is 0.870 e. The van der Waals surface area contributed by atoms with E-state index < -0.39 is 0 Å². The van der Waals surface area contributed by atoms with Gasteiger partial charge in [0.15, 0.2) is 0 Å². The summed E-state index contributed by atoms with van der Waals surface area (Å²) in [7, 11) is 5.52. The summed E-state index contributed by atoms with van der Waals surface area (Å²) in [6, 6.07) is 7.85. The quantitative estimate of drug-likeness (QED) is 0.461. The summed E-state index contributed by atoms with van der Waals surface area (Å²) >= 11 is 1.70. The second kappa shape index (κ2) is 6.28. The first kappa shape index (κ1) is 13.2. The fourth-order valence-corrected chi connectivity index (χ4v) is 1.11. The molecule has 0 spiro atoms. The molecule has 0 fully saturated rings. The van der Waals surface area contributed by atoms with E-state index >= 15 is 0 Å². The molecule has 58 valence electrons. The van der Waals surface area contributed by atoms with Crippen molar-refractivity contribution in [1.29, 1.82) is 0 Å². The van der Waals surface area contributed by atoms with Crippen molar-refractivity contribution >= 4 is 25.1 Å². The maximum Gasteiger partial charge on any atom is -0.870 e. The summed E-state index contributed by atoms with van der Waals surface area (Å²) in [6.45, 7) is 0. The molecule has 0 aliphatic carbocycles. The molecule has 1 rings (SSSR count). The summed E-state index contributed by atoms with van der Waals surface area (Å²) in [6.07, 6.45) is 2.04. The van der Waals surface area contributed by atoms with Gasteiger partial charge >= 0.3 is 60.5 Å². The van der Waals surface area contributed by atoms with Crippen molar-refractivity contribution in [2.24, 2.45) is 0 Å². The zero-order valence-electron chi connectivity index (χ0n) is 6.19. The van der Waals surface area contributed by atoms with E-state index in [0.29, 0.717) is 0 Å². The van der Waals surface area contributed by atoms with Crippen LogP contribution in [-0.4, -0.2) is 25.1 Å². The minimum Gasteiger partial charge on any atom is -0.870 e. The Morgan fingerprint density at radius 2 is 1.91 bits per heavy atom. The first-order chi connectivity index (χ1) is 4.33. The van der Waals surface area contributed by atoms with Crippen LogP contribution in [0.4, 0.5) is 0 Å². The Labute approximate surface area is 72.0 Å². The van der Waals surface area contributed by atoms with Gasteiger partial charge in [0.25, 0.3) is 0 Å². The van der Waals surface area contributed by atoms with Gasteiger partial charge in [0.2, 0.25) is 0 Å². The normalized spacial score (nSPS) is 7.91. The average molecular weight is 168 g/mol. The van der Waals surface area contributed by atoms with Gasteiger partial charge in [0.1, 0.15) is 0 Å². The van der Waals surface area contributed by atoms with Gasteiger partial charge in [0, 0.05) is 0 Å². The molecule has 1 aromatic carbocycles. The first-order valence-electron chi connectivity index (χ1n) is 2.72. The van der Waals surface area contributed by atoms with Crippen molar-refractivity contribution in [3.05, 3.63) is 24.3 Å². The van der Waals surface area contributed by atoms with Gasteiger partial charge in [-0.3, -0.25) is 0 Å². The number of rotatable bonds is 1. The van der Waals surface area contributed by atoms with E-state index in [2.05, 4.69) is 0 Å². The topological polar surface area (TPSA) is 60.0 Å². The third-order valence-electron chi connectivity index (χ3n) is 1.09. The maximum absolute atomic E-state index is 5.52. The van der Waals surface area contributed by atoms with E-state index in [-0.39, 0.29) is 11.0 Å². The van der Waals surface area contributed by atoms with Gasteiger partial charge in [-0.25, -0.2) is 0 Å². The average Bonchev–Trinajstić information content (AvgIpc) is 1.88. The molecule has 0 aliphatic heterocycles. The smallest absolute Gasteiger partial charge is 0.870 e. The van der Waals surface area contributed by atoms with Crippen molar-refractivity contribution in [2.75, 3.05) is 6.26 Å². The molecule has 11 heavy (non-hydrogen) atoms. The van der Waals surface area contributed by atoms with Crippen molar-refractivity contribution < 1.29 is 11.0 Å². The van der Waals surface area contributed by atoms with Gasteiger partial charge in [-0.2, -0.15) is 0 Å². The minimum absolute atomic E-state index is 0. The summed E-state index contributed by atoms with van der Waals surface area (Å²) in [4.78, 5) is 1.22. The van der Waals surface area contributed by atoms with E-state index in [1.807, 2.05) is 30.5 Å². The zero-order chi connectivity index (χ0) is 6.69. The Morgan fingerprint density at radius 1 is 1.27 bits per heavy atom. The Balaban J connectivity index is 0. The molecule has 0 heterocycles. The van der Waals surface area contributed by atoms with Gasteiger partial charge in [0.05, 0.1) is 0 Å². The van der Waals surface area contributed by atoms with Crippen LogP contribution in [0.1, 0.15) is 0 Å². The first-order valence-corrected chi connectivity index (χ1v) is 3.95. The van der Waals surface area contributed by atoms with Gasteiger partial charge in [-0.05, 0) is 0 Å². The van der Waals surface area contributed by atoms with E-state index in [0.717, 1.165) is 5.46 Å². The number of thioether (sulfide) groups is 1. The SMILES string of the molecule is [B+2]c1cccc(SC)c1.[OH-].[OH-]. The number of benzene rings is 1. The molecule has 0 aliphatic rings. The van der Waals surface area contributed by atoms with Crippen LogP contribution in [0.3, 0.4) is 0 Å². The van der Waals surface area contributed by atoms with Crippen LogP contribution in [0.2, 0.25) is 0 Å². The summed E-state index contributed by atoms with van der Waals surface area (Å²) in [5.41, 5.74) is 0.835. The van der Waals surface area contributed by atoms with Crippen LogP contribution in [0.15, 0.2) is 29.2 Å².